The van der Waals surface area contributed by atoms with E-state index >= 15 is 0 Å². The molecule has 0 spiro atoms. The summed E-state index contributed by atoms with van der Waals surface area (Å²) in [6.45, 7) is 1.90. The van der Waals surface area contributed by atoms with Gasteiger partial charge in [0.25, 0.3) is 0 Å². The van der Waals surface area contributed by atoms with Gasteiger partial charge in [0.2, 0.25) is 0 Å². The lowest BCUT2D eigenvalue weighted by Gasteiger charge is -2.06. The number of hydrogen-bond donors (Lipinski definition) is 0. The van der Waals surface area contributed by atoms with Crippen molar-refractivity contribution in [3.8, 4) is 0 Å². The van der Waals surface area contributed by atoms with Crippen LogP contribution in [-0.2, 0) is 13.5 Å². The molecule has 0 aliphatic heterocycles. The van der Waals surface area contributed by atoms with E-state index in [0.717, 1.165) is 17.4 Å². The number of aldehydes is 1. The van der Waals surface area contributed by atoms with E-state index in [0.29, 0.717) is 17.7 Å². The van der Waals surface area contributed by atoms with Crippen LogP contribution in [0.2, 0.25) is 0 Å². The minimum absolute atomic E-state index is 0.0250. The van der Waals surface area contributed by atoms with Gasteiger partial charge < -0.3 is 0 Å². The number of rotatable bonds is 4. The van der Waals surface area contributed by atoms with Gasteiger partial charge in [0.05, 0.1) is 0 Å². The van der Waals surface area contributed by atoms with Gasteiger partial charge in [0, 0.05) is 25.2 Å². The third-order valence-electron chi connectivity index (χ3n) is 2.96. The number of carbonyl (C=O) groups excluding carboxylic acids is 2. The first-order chi connectivity index (χ1) is 8.61. The summed E-state index contributed by atoms with van der Waals surface area (Å²) in [6, 6.07) is 7.05. The van der Waals surface area contributed by atoms with Crippen molar-refractivity contribution in [2.24, 2.45) is 7.05 Å². The van der Waals surface area contributed by atoms with Crippen LogP contribution in [0, 0.1) is 6.92 Å². The molecule has 0 unspecified atom stereocenters. The Morgan fingerprint density at radius 3 is 2.72 bits per heavy atom. The zero-order chi connectivity index (χ0) is 13.1. The number of hydrogen-bond acceptors (Lipinski definition) is 3. The standard InChI is InChI=1S/C14H14N2O2/c1-10-7-11(9-17)3-4-12(10)8-14(18)13-5-6-15-16(13)2/h3-7,9H,8H2,1-2H3. The van der Waals surface area contributed by atoms with E-state index in [9.17, 15) is 9.59 Å². The lowest BCUT2D eigenvalue weighted by molar-refractivity contribution is 0.0983. The van der Waals surface area contributed by atoms with Gasteiger partial charge in [-0.2, -0.15) is 5.10 Å². The lowest BCUT2D eigenvalue weighted by Crippen LogP contribution is -2.10. The summed E-state index contributed by atoms with van der Waals surface area (Å²) >= 11 is 0. The highest BCUT2D eigenvalue weighted by atomic mass is 16.1. The highest BCUT2D eigenvalue weighted by Crippen LogP contribution is 2.13. The molecule has 18 heavy (non-hydrogen) atoms. The summed E-state index contributed by atoms with van der Waals surface area (Å²) in [4.78, 5) is 22.7. The molecule has 4 nitrogen and oxygen atoms in total. The fourth-order valence-electron chi connectivity index (χ4n) is 1.90. The highest BCUT2D eigenvalue weighted by Gasteiger charge is 2.12. The SMILES string of the molecule is Cc1cc(C=O)ccc1CC(=O)c1ccnn1C. The fraction of sp³-hybridized carbons (Fsp3) is 0.214. The molecule has 1 aromatic carbocycles. The highest BCUT2D eigenvalue weighted by molar-refractivity contribution is 5.96. The Morgan fingerprint density at radius 2 is 2.17 bits per heavy atom. The van der Waals surface area contributed by atoms with Gasteiger partial charge in [-0.05, 0) is 30.2 Å². The van der Waals surface area contributed by atoms with Crippen LogP contribution in [0.3, 0.4) is 0 Å². The Morgan fingerprint density at radius 1 is 1.39 bits per heavy atom. The van der Waals surface area contributed by atoms with Gasteiger partial charge in [-0.15, -0.1) is 0 Å². The minimum Gasteiger partial charge on any atom is -0.298 e. The summed E-state index contributed by atoms with van der Waals surface area (Å²) in [5.41, 5.74) is 3.11. The molecule has 0 saturated carbocycles. The molecule has 0 aliphatic rings. The minimum atomic E-state index is 0.0250. The Hall–Kier alpha value is -2.23. The van der Waals surface area contributed by atoms with Crippen molar-refractivity contribution >= 4 is 12.1 Å². The van der Waals surface area contributed by atoms with Crippen LogP contribution >= 0.6 is 0 Å². The molecule has 92 valence electrons. The molecule has 0 atom stereocenters. The maximum atomic E-state index is 12.1. The Kier molecular flexibility index (Phi) is 3.37. The predicted molar refractivity (Wildman–Crippen MR) is 67.8 cm³/mol. The van der Waals surface area contributed by atoms with Gasteiger partial charge in [0.15, 0.2) is 5.78 Å². The quantitative estimate of drug-likeness (QED) is 0.608. The first-order valence-corrected chi connectivity index (χ1v) is 5.67. The zero-order valence-electron chi connectivity index (χ0n) is 10.4. The molecule has 0 bridgehead atoms. The number of carbonyl (C=O) groups is 2. The van der Waals surface area contributed by atoms with E-state index in [4.69, 9.17) is 0 Å². The maximum Gasteiger partial charge on any atom is 0.185 e. The summed E-state index contributed by atoms with van der Waals surface area (Å²) in [6.07, 6.45) is 2.74. The molecule has 0 N–H and O–H groups in total. The van der Waals surface area contributed by atoms with Crippen molar-refractivity contribution in [3.05, 3.63) is 52.8 Å². The van der Waals surface area contributed by atoms with Crippen molar-refractivity contribution in [3.63, 3.8) is 0 Å². The van der Waals surface area contributed by atoms with E-state index in [1.54, 1.807) is 36.1 Å². The fourth-order valence-corrected chi connectivity index (χ4v) is 1.90. The number of Topliss-reactive ketones (excluding diaryl/α,β-unsaturated/α-hetero) is 1. The summed E-state index contributed by atoms with van der Waals surface area (Å²) in [5, 5.41) is 3.98. The Balaban J connectivity index is 2.22. The number of aromatic nitrogens is 2. The number of benzene rings is 1. The topological polar surface area (TPSA) is 52.0 Å². The summed E-state index contributed by atoms with van der Waals surface area (Å²) in [5.74, 6) is 0.0250. The third kappa shape index (κ3) is 2.37. The molecule has 4 heteroatoms. The third-order valence-corrected chi connectivity index (χ3v) is 2.96. The van der Waals surface area contributed by atoms with Gasteiger partial charge in [-0.25, -0.2) is 0 Å². The molecule has 0 radical (unpaired) electrons. The first-order valence-electron chi connectivity index (χ1n) is 5.67. The van der Waals surface area contributed by atoms with Crippen molar-refractivity contribution in [1.29, 1.82) is 0 Å². The maximum absolute atomic E-state index is 12.1. The van der Waals surface area contributed by atoms with Crippen LogP contribution in [0.25, 0.3) is 0 Å². The smallest absolute Gasteiger partial charge is 0.185 e. The Labute approximate surface area is 105 Å². The average molecular weight is 242 g/mol. The molecular weight excluding hydrogens is 228 g/mol. The molecule has 1 heterocycles. The molecule has 0 amide bonds. The lowest BCUT2D eigenvalue weighted by atomic mass is 10.00. The van der Waals surface area contributed by atoms with Gasteiger partial charge in [-0.1, -0.05) is 12.1 Å². The second kappa shape index (κ2) is 4.96. The van der Waals surface area contributed by atoms with Crippen molar-refractivity contribution in [2.75, 3.05) is 0 Å². The second-order valence-corrected chi connectivity index (χ2v) is 4.24. The first kappa shape index (κ1) is 12.2. The van der Waals surface area contributed by atoms with Gasteiger partial charge >= 0.3 is 0 Å². The van der Waals surface area contributed by atoms with Crippen molar-refractivity contribution in [2.45, 2.75) is 13.3 Å². The van der Waals surface area contributed by atoms with Crippen LogP contribution < -0.4 is 0 Å². The molecular formula is C14H14N2O2. The van der Waals surface area contributed by atoms with Crippen LogP contribution in [0.15, 0.2) is 30.5 Å². The molecule has 2 aromatic rings. The average Bonchev–Trinajstić information content (AvgIpc) is 2.78. The molecule has 2 rings (SSSR count). The molecule has 0 saturated heterocycles. The largest absolute Gasteiger partial charge is 0.298 e. The zero-order valence-corrected chi connectivity index (χ0v) is 10.4. The van der Waals surface area contributed by atoms with E-state index in [1.165, 1.54) is 0 Å². The van der Waals surface area contributed by atoms with Crippen LogP contribution in [0.5, 0.6) is 0 Å². The van der Waals surface area contributed by atoms with Crippen LogP contribution in [0.4, 0.5) is 0 Å². The van der Waals surface area contributed by atoms with E-state index in [2.05, 4.69) is 5.10 Å². The van der Waals surface area contributed by atoms with Crippen LogP contribution in [-0.4, -0.2) is 21.8 Å². The number of ketones is 1. The van der Waals surface area contributed by atoms with Crippen LogP contribution in [0.1, 0.15) is 32.0 Å². The Bertz CT molecular complexity index is 600. The van der Waals surface area contributed by atoms with Crippen molar-refractivity contribution in [1.82, 2.24) is 9.78 Å². The molecule has 1 aromatic heterocycles. The summed E-state index contributed by atoms with van der Waals surface area (Å²) < 4.78 is 1.57. The van der Waals surface area contributed by atoms with Crippen molar-refractivity contribution < 1.29 is 9.59 Å². The summed E-state index contributed by atoms with van der Waals surface area (Å²) in [7, 11) is 1.75. The number of nitrogens with zero attached hydrogens (tertiary/aromatic N) is 2. The molecule has 0 aliphatic carbocycles. The normalized spacial score (nSPS) is 10.3. The number of aryl methyl sites for hydroxylation is 2. The monoisotopic (exact) mass is 242 g/mol. The van der Waals surface area contributed by atoms with E-state index < -0.39 is 0 Å². The van der Waals surface area contributed by atoms with E-state index in [-0.39, 0.29) is 5.78 Å². The van der Waals surface area contributed by atoms with Gasteiger partial charge in [0.1, 0.15) is 12.0 Å². The second-order valence-electron chi connectivity index (χ2n) is 4.24. The molecule has 0 fully saturated rings. The van der Waals surface area contributed by atoms with Gasteiger partial charge in [-0.3, -0.25) is 14.3 Å². The predicted octanol–water partition coefficient (Wildman–Crippen LogP) is 1.97. The van der Waals surface area contributed by atoms with E-state index in [1.807, 2.05) is 13.0 Å².